The van der Waals surface area contributed by atoms with Gasteiger partial charge in [-0.3, -0.25) is 4.79 Å². The van der Waals surface area contributed by atoms with E-state index < -0.39 is 18.0 Å². The predicted octanol–water partition coefficient (Wildman–Crippen LogP) is 0.237. The van der Waals surface area contributed by atoms with Gasteiger partial charge in [0.2, 0.25) is 0 Å². The van der Waals surface area contributed by atoms with Gasteiger partial charge in [0.15, 0.2) is 0 Å². The van der Waals surface area contributed by atoms with Crippen LogP contribution in [0.4, 0.5) is 4.79 Å². The van der Waals surface area contributed by atoms with E-state index in [1.807, 2.05) is 0 Å². The summed E-state index contributed by atoms with van der Waals surface area (Å²) in [4.78, 5) is 23.4. The molecule has 0 aromatic heterocycles. The van der Waals surface area contributed by atoms with Crippen molar-refractivity contribution in [2.45, 2.75) is 32.0 Å². The minimum absolute atomic E-state index is 0.231. The first-order valence-electron chi connectivity index (χ1n) is 4.90. The van der Waals surface area contributed by atoms with Crippen LogP contribution in [0.2, 0.25) is 0 Å². The van der Waals surface area contributed by atoms with Crippen molar-refractivity contribution in [1.29, 1.82) is 0 Å². The van der Waals surface area contributed by atoms with Crippen molar-refractivity contribution in [3.63, 3.8) is 0 Å². The molecule has 1 unspecified atom stereocenters. The summed E-state index contributed by atoms with van der Waals surface area (Å²) in [5, 5.41) is 11.0. The van der Waals surface area contributed by atoms with Gasteiger partial charge >= 0.3 is 12.0 Å². The van der Waals surface area contributed by atoms with Gasteiger partial charge in [0.05, 0.1) is 0 Å². The summed E-state index contributed by atoms with van der Waals surface area (Å²) in [6.07, 6.45) is 1.49. The van der Waals surface area contributed by atoms with E-state index in [9.17, 15) is 9.59 Å². The molecular weight excluding hydrogens is 200 g/mol. The molecule has 0 aromatic carbocycles. The summed E-state index contributed by atoms with van der Waals surface area (Å²) < 4.78 is 5.30. The molecule has 0 radical (unpaired) electrons. The third kappa shape index (κ3) is 3.09. The zero-order valence-electron chi connectivity index (χ0n) is 8.90. The van der Waals surface area contributed by atoms with Crippen molar-refractivity contribution in [2.24, 2.45) is 0 Å². The largest absolute Gasteiger partial charge is 0.480 e. The number of urea groups is 1. The molecule has 1 heterocycles. The van der Waals surface area contributed by atoms with E-state index >= 15 is 0 Å². The van der Waals surface area contributed by atoms with Crippen LogP contribution < -0.4 is 5.32 Å². The number of nitrogens with zero attached hydrogens (tertiary/aromatic N) is 1. The lowest BCUT2D eigenvalue weighted by Crippen LogP contribution is -2.48. The van der Waals surface area contributed by atoms with Crippen LogP contribution in [0.1, 0.15) is 19.8 Å². The molecule has 2 amide bonds. The molecule has 1 rings (SSSR count). The number of ether oxygens (including phenoxy) is 1. The van der Waals surface area contributed by atoms with Crippen molar-refractivity contribution in [2.75, 3.05) is 13.7 Å². The molecule has 2 N–H and O–H groups in total. The smallest absolute Gasteiger partial charge is 0.325 e. The highest BCUT2D eigenvalue weighted by atomic mass is 16.5. The van der Waals surface area contributed by atoms with E-state index in [4.69, 9.17) is 9.84 Å². The number of rotatable bonds is 3. The van der Waals surface area contributed by atoms with E-state index in [1.165, 1.54) is 11.8 Å². The Balaban J connectivity index is 2.41. The molecule has 2 atom stereocenters. The fraction of sp³-hybridized carbons (Fsp3) is 0.778. The maximum Gasteiger partial charge on any atom is 0.325 e. The fourth-order valence-electron chi connectivity index (χ4n) is 1.35. The molecule has 0 spiro atoms. The number of carbonyl (C=O) groups excluding carboxylic acids is 1. The monoisotopic (exact) mass is 216 g/mol. The first kappa shape index (κ1) is 11.8. The third-order valence-corrected chi connectivity index (χ3v) is 2.37. The molecule has 1 aliphatic rings. The molecule has 0 bridgehead atoms. The third-order valence-electron chi connectivity index (χ3n) is 2.37. The second-order valence-corrected chi connectivity index (χ2v) is 3.59. The number of hydrogen-bond acceptors (Lipinski definition) is 3. The number of nitrogens with one attached hydrogen (secondary N) is 1. The molecule has 1 saturated heterocycles. The summed E-state index contributed by atoms with van der Waals surface area (Å²) in [5.74, 6) is -1.05. The summed E-state index contributed by atoms with van der Waals surface area (Å²) in [7, 11) is 1.60. The zero-order valence-corrected chi connectivity index (χ0v) is 8.90. The van der Waals surface area contributed by atoms with Crippen LogP contribution in [0.5, 0.6) is 0 Å². The molecule has 1 fully saturated rings. The van der Waals surface area contributed by atoms with Crippen molar-refractivity contribution >= 4 is 12.0 Å². The summed E-state index contributed by atoms with van der Waals surface area (Å²) in [5.41, 5.74) is 0. The van der Waals surface area contributed by atoms with E-state index in [0.29, 0.717) is 6.61 Å². The lowest BCUT2D eigenvalue weighted by atomic mass is 10.3. The van der Waals surface area contributed by atoms with Crippen molar-refractivity contribution in [1.82, 2.24) is 10.2 Å². The Morgan fingerprint density at radius 1 is 1.60 bits per heavy atom. The van der Waals surface area contributed by atoms with Crippen molar-refractivity contribution in [3.8, 4) is 0 Å². The Morgan fingerprint density at radius 2 is 2.27 bits per heavy atom. The van der Waals surface area contributed by atoms with Gasteiger partial charge in [0, 0.05) is 13.7 Å². The molecule has 15 heavy (non-hydrogen) atoms. The molecule has 0 saturated carbocycles. The SMILES string of the molecule is C[C@H](NC(=O)N(C)C1CCCO1)C(=O)O. The second-order valence-electron chi connectivity index (χ2n) is 3.59. The van der Waals surface area contributed by atoms with E-state index in [1.54, 1.807) is 7.05 Å². The van der Waals surface area contributed by atoms with Gasteiger partial charge in [-0.1, -0.05) is 0 Å². The van der Waals surface area contributed by atoms with Crippen molar-refractivity contribution in [3.05, 3.63) is 0 Å². The first-order valence-corrected chi connectivity index (χ1v) is 4.90. The topological polar surface area (TPSA) is 78.9 Å². The minimum Gasteiger partial charge on any atom is -0.480 e. The van der Waals surface area contributed by atoms with Gasteiger partial charge < -0.3 is 20.1 Å². The van der Waals surface area contributed by atoms with Gasteiger partial charge in [-0.2, -0.15) is 0 Å². The molecular formula is C9H16N2O4. The van der Waals surface area contributed by atoms with Gasteiger partial charge in [-0.05, 0) is 19.8 Å². The number of carboxylic acids is 1. The highest BCUT2D eigenvalue weighted by Crippen LogP contribution is 2.14. The van der Waals surface area contributed by atoms with Crippen LogP contribution in [0.25, 0.3) is 0 Å². The average molecular weight is 216 g/mol. The Kier molecular flexibility index (Phi) is 3.90. The maximum atomic E-state index is 11.5. The highest BCUT2D eigenvalue weighted by molar-refractivity contribution is 5.82. The molecule has 6 nitrogen and oxygen atoms in total. The molecule has 0 aliphatic carbocycles. The van der Waals surface area contributed by atoms with Crippen LogP contribution in [0.3, 0.4) is 0 Å². The van der Waals surface area contributed by atoms with Gasteiger partial charge in [-0.15, -0.1) is 0 Å². The Hall–Kier alpha value is -1.30. The zero-order chi connectivity index (χ0) is 11.4. The molecule has 0 aromatic rings. The summed E-state index contributed by atoms with van der Waals surface area (Å²) in [6, 6.07) is -1.31. The van der Waals surface area contributed by atoms with Crippen LogP contribution in [-0.2, 0) is 9.53 Å². The predicted molar refractivity (Wildman–Crippen MR) is 52.4 cm³/mol. The number of aliphatic carboxylic acids is 1. The Morgan fingerprint density at radius 3 is 2.73 bits per heavy atom. The molecule has 1 aliphatic heterocycles. The quantitative estimate of drug-likeness (QED) is 0.708. The van der Waals surface area contributed by atoms with Crippen LogP contribution in [0.15, 0.2) is 0 Å². The summed E-state index contributed by atoms with van der Waals surface area (Å²) >= 11 is 0. The van der Waals surface area contributed by atoms with Crippen LogP contribution in [-0.4, -0.2) is 47.9 Å². The summed E-state index contributed by atoms with van der Waals surface area (Å²) in [6.45, 7) is 2.07. The lowest BCUT2D eigenvalue weighted by molar-refractivity contribution is -0.138. The normalized spacial score (nSPS) is 22.1. The lowest BCUT2D eigenvalue weighted by Gasteiger charge is -2.24. The first-order chi connectivity index (χ1) is 7.02. The number of amides is 2. The van der Waals surface area contributed by atoms with Crippen LogP contribution >= 0.6 is 0 Å². The minimum atomic E-state index is -1.05. The fourth-order valence-corrected chi connectivity index (χ4v) is 1.35. The molecule has 86 valence electrons. The van der Waals surface area contributed by atoms with Crippen molar-refractivity contribution < 1.29 is 19.4 Å². The van der Waals surface area contributed by atoms with E-state index in [2.05, 4.69) is 5.32 Å². The van der Waals surface area contributed by atoms with Crippen LogP contribution in [0, 0.1) is 0 Å². The number of hydrogen-bond donors (Lipinski definition) is 2. The Labute approximate surface area is 88.2 Å². The van der Waals surface area contributed by atoms with E-state index in [-0.39, 0.29) is 6.23 Å². The highest BCUT2D eigenvalue weighted by Gasteiger charge is 2.25. The standard InChI is InChI=1S/C9H16N2O4/c1-6(8(12)13)10-9(14)11(2)7-4-3-5-15-7/h6-7H,3-5H2,1-2H3,(H,10,14)(H,12,13)/t6-,7?/m0/s1. The average Bonchev–Trinajstić information content (AvgIpc) is 2.68. The van der Waals surface area contributed by atoms with Gasteiger partial charge in [0.1, 0.15) is 12.3 Å². The molecule has 6 heteroatoms. The maximum absolute atomic E-state index is 11.5. The Bertz CT molecular complexity index is 250. The van der Waals surface area contributed by atoms with Gasteiger partial charge in [0.25, 0.3) is 0 Å². The second kappa shape index (κ2) is 4.97. The van der Waals surface area contributed by atoms with E-state index in [0.717, 1.165) is 12.8 Å². The van der Waals surface area contributed by atoms with Gasteiger partial charge in [-0.25, -0.2) is 4.79 Å². The number of carbonyl (C=O) groups is 2. The number of carboxylic acid groups (broad SMARTS) is 1.